The fraction of sp³-hybridized carbons (Fsp3) is 0.333. The Balaban J connectivity index is 1.86. The van der Waals surface area contributed by atoms with Crippen LogP contribution >= 0.6 is 11.8 Å². The van der Waals surface area contributed by atoms with Crippen LogP contribution in [0.25, 0.3) is 11.1 Å². The zero-order chi connectivity index (χ0) is 19.2. The molecule has 1 fully saturated rings. The van der Waals surface area contributed by atoms with Gasteiger partial charge in [-0.25, -0.2) is 18.2 Å². The number of aliphatic imine (C=N–C) groups is 1. The van der Waals surface area contributed by atoms with Gasteiger partial charge in [0.05, 0.1) is 17.5 Å². The van der Waals surface area contributed by atoms with Crippen LogP contribution in [0, 0.1) is 23.5 Å². The van der Waals surface area contributed by atoms with E-state index >= 15 is 0 Å². The topological polar surface area (TPSA) is 60.5 Å². The van der Waals surface area contributed by atoms with Crippen molar-refractivity contribution in [2.24, 2.45) is 16.6 Å². The SMILES string of the molecule is NC1=NC[C@H]2[C@@H](CF)OC[C@]2(c2cc(-c3ccc(F)nc3)c(F)cc2F)S1. The Kier molecular flexibility index (Phi) is 4.59. The third kappa shape index (κ3) is 2.98. The zero-order valence-corrected chi connectivity index (χ0v) is 14.8. The summed E-state index contributed by atoms with van der Waals surface area (Å²) in [5.41, 5.74) is 6.39. The molecule has 0 radical (unpaired) electrons. The number of amidine groups is 1. The van der Waals surface area contributed by atoms with Gasteiger partial charge in [-0.05, 0) is 18.2 Å². The number of halogens is 4. The van der Waals surface area contributed by atoms with Crippen molar-refractivity contribution in [1.82, 2.24) is 4.98 Å². The Hall–Kier alpha value is -2.13. The van der Waals surface area contributed by atoms with E-state index in [1.54, 1.807) is 0 Å². The summed E-state index contributed by atoms with van der Waals surface area (Å²) in [5, 5.41) is 0.239. The molecule has 2 aliphatic heterocycles. The van der Waals surface area contributed by atoms with Crippen LogP contribution in [0.3, 0.4) is 0 Å². The molecule has 142 valence electrons. The van der Waals surface area contributed by atoms with Gasteiger partial charge in [0.2, 0.25) is 5.95 Å². The van der Waals surface area contributed by atoms with Gasteiger partial charge in [-0.1, -0.05) is 11.8 Å². The Morgan fingerprint density at radius 1 is 1.22 bits per heavy atom. The first-order chi connectivity index (χ1) is 12.9. The zero-order valence-electron chi connectivity index (χ0n) is 14.0. The Bertz CT molecular complexity index is 908. The van der Waals surface area contributed by atoms with Crippen LogP contribution in [0.2, 0.25) is 0 Å². The molecule has 2 aromatic rings. The van der Waals surface area contributed by atoms with Gasteiger partial charge in [-0.2, -0.15) is 4.39 Å². The van der Waals surface area contributed by atoms with E-state index in [-0.39, 0.29) is 29.4 Å². The van der Waals surface area contributed by atoms with E-state index in [1.807, 2.05) is 0 Å². The molecule has 4 rings (SSSR count). The van der Waals surface area contributed by atoms with Crippen molar-refractivity contribution in [2.45, 2.75) is 10.9 Å². The van der Waals surface area contributed by atoms with Crippen molar-refractivity contribution in [1.29, 1.82) is 0 Å². The van der Waals surface area contributed by atoms with Crippen molar-refractivity contribution in [3.8, 4) is 11.1 Å². The smallest absolute Gasteiger partial charge is 0.212 e. The Morgan fingerprint density at radius 2 is 2.04 bits per heavy atom. The summed E-state index contributed by atoms with van der Waals surface area (Å²) in [6.45, 7) is -0.519. The molecule has 1 aromatic heterocycles. The number of thioether (sulfide) groups is 1. The van der Waals surface area contributed by atoms with E-state index in [1.165, 1.54) is 18.3 Å². The molecule has 0 unspecified atom stereocenters. The fourth-order valence-corrected chi connectivity index (χ4v) is 4.93. The minimum absolute atomic E-state index is 0.0246. The molecule has 0 spiro atoms. The molecule has 4 nitrogen and oxygen atoms in total. The summed E-state index contributed by atoms with van der Waals surface area (Å²) in [6, 6.07) is 4.57. The standard InChI is InChI=1S/C18H15F4N3OS/c19-5-15-12-7-25-17(23)27-18(12,8-26-15)11-3-10(13(20)4-14(11)21)9-1-2-16(22)24-6-9/h1-4,6,12,15H,5,7-8H2,(H2,23,25)/t12-,15+,18+/m0/s1. The predicted molar refractivity (Wildman–Crippen MR) is 94.5 cm³/mol. The highest BCUT2D eigenvalue weighted by Gasteiger charge is 2.55. The second-order valence-electron chi connectivity index (χ2n) is 6.46. The molecule has 1 saturated heterocycles. The van der Waals surface area contributed by atoms with Crippen molar-refractivity contribution in [3.63, 3.8) is 0 Å². The van der Waals surface area contributed by atoms with Crippen LogP contribution in [0.15, 0.2) is 35.5 Å². The summed E-state index contributed by atoms with van der Waals surface area (Å²) < 4.78 is 60.3. The molecule has 9 heteroatoms. The minimum Gasteiger partial charge on any atom is -0.379 e. The van der Waals surface area contributed by atoms with Gasteiger partial charge in [0.15, 0.2) is 5.17 Å². The average molecular weight is 397 g/mol. The summed E-state index contributed by atoms with van der Waals surface area (Å²) in [5.74, 6) is -2.73. The lowest BCUT2D eigenvalue weighted by molar-refractivity contribution is 0.0701. The summed E-state index contributed by atoms with van der Waals surface area (Å²) in [4.78, 5) is 7.66. The quantitative estimate of drug-likeness (QED) is 0.637. The molecule has 2 aliphatic rings. The number of pyridine rings is 1. The number of hydrogen-bond donors (Lipinski definition) is 1. The first kappa shape index (κ1) is 18.2. The summed E-state index contributed by atoms with van der Waals surface area (Å²) >= 11 is 1.10. The van der Waals surface area contributed by atoms with Crippen LogP contribution in [0.4, 0.5) is 17.6 Å². The van der Waals surface area contributed by atoms with Gasteiger partial charge in [-0.3, -0.25) is 4.99 Å². The molecule has 0 amide bonds. The van der Waals surface area contributed by atoms with Gasteiger partial charge in [0.1, 0.15) is 18.3 Å². The van der Waals surface area contributed by atoms with Gasteiger partial charge in [0, 0.05) is 41.4 Å². The van der Waals surface area contributed by atoms with Crippen LogP contribution in [0.1, 0.15) is 5.56 Å². The molecule has 27 heavy (non-hydrogen) atoms. The number of hydrogen-bond acceptors (Lipinski definition) is 5. The molecule has 3 heterocycles. The van der Waals surface area contributed by atoms with Crippen molar-refractivity contribution in [2.75, 3.05) is 19.8 Å². The summed E-state index contributed by atoms with van der Waals surface area (Å²) in [7, 11) is 0. The highest BCUT2D eigenvalue weighted by Crippen LogP contribution is 2.53. The van der Waals surface area contributed by atoms with E-state index in [9.17, 15) is 17.6 Å². The van der Waals surface area contributed by atoms with Crippen molar-refractivity contribution in [3.05, 3.63) is 53.6 Å². The van der Waals surface area contributed by atoms with Crippen LogP contribution in [0.5, 0.6) is 0 Å². The first-order valence-electron chi connectivity index (χ1n) is 8.22. The maximum atomic E-state index is 14.8. The maximum absolute atomic E-state index is 14.8. The lowest BCUT2D eigenvalue weighted by atomic mass is 9.83. The first-order valence-corrected chi connectivity index (χ1v) is 9.04. The number of alkyl halides is 1. The second-order valence-corrected chi connectivity index (χ2v) is 7.81. The van der Waals surface area contributed by atoms with Crippen molar-refractivity contribution >= 4 is 16.9 Å². The lowest BCUT2D eigenvalue weighted by Gasteiger charge is -2.37. The third-order valence-electron chi connectivity index (χ3n) is 4.99. The number of aromatic nitrogens is 1. The molecule has 1 aromatic carbocycles. The van der Waals surface area contributed by atoms with E-state index < -0.39 is 41.0 Å². The molecule has 3 atom stereocenters. The van der Waals surface area contributed by atoms with Gasteiger partial charge in [-0.15, -0.1) is 0 Å². The highest BCUT2D eigenvalue weighted by molar-refractivity contribution is 8.14. The Labute approximate surface area is 156 Å². The van der Waals surface area contributed by atoms with Crippen LogP contribution in [-0.2, 0) is 9.48 Å². The molecule has 0 aliphatic carbocycles. The van der Waals surface area contributed by atoms with Crippen LogP contribution in [-0.4, -0.2) is 36.1 Å². The number of fused-ring (bicyclic) bond motifs is 1. The number of nitrogens with zero attached hydrogens (tertiary/aromatic N) is 2. The van der Waals surface area contributed by atoms with E-state index in [2.05, 4.69) is 9.98 Å². The van der Waals surface area contributed by atoms with Crippen LogP contribution < -0.4 is 5.73 Å². The lowest BCUT2D eigenvalue weighted by Crippen LogP contribution is -2.42. The normalized spacial score (nSPS) is 27.3. The summed E-state index contributed by atoms with van der Waals surface area (Å²) in [6.07, 6.45) is 0.430. The minimum atomic E-state index is -1.01. The molecule has 2 N–H and O–H groups in total. The largest absolute Gasteiger partial charge is 0.379 e. The van der Waals surface area contributed by atoms with E-state index in [0.717, 1.165) is 23.9 Å². The highest BCUT2D eigenvalue weighted by atomic mass is 32.2. The number of nitrogens with two attached hydrogens (primary N) is 1. The third-order valence-corrected chi connectivity index (χ3v) is 6.34. The molecular formula is C18H15F4N3OS. The van der Waals surface area contributed by atoms with E-state index in [4.69, 9.17) is 10.5 Å². The number of rotatable bonds is 3. The Morgan fingerprint density at radius 3 is 2.74 bits per heavy atom. The van der Waals surface area contributed by atoms with E-state index in [0.29, 0.717) is 5.56 Å². The molecule has 0 saturated carbocycles. The monoisotopic (exact) mass is 397 g/mol. The van der Waals surface area contributed by atoms with Gasteiger partial charge < -0.3 is 10.5 Å². The average Bonchev–Trinajstić information content (AvgIpc) is 3.01. The van der Waals surface area contributed by atoms with Gasteiger partial charge >= 0.3 is 0 Å². The van der Waals surface area contributed by atoms with Crippen molar-refractivity contribution < 1.29 is 22.3 Å². The molecular weight excluding hydrogens is 382 g/mol. The predicted octanol–water partition coefficient (Wildman–Crippen LogP) is 3.41. The number of ether oxygens (including phenoxy) is 1. The van der Waals surface area contributed by atoms with Gasteiger partial charge in [0.25, 0.3) is 0 Å². The molecule has 0 bridgehead atoms. The maximum Gasteiger partial charge on any atom is 0.212 e. The second kappa shape index (κ2) is 6.79. The fourth-order valence-electron chi connectivity index (χ4n) is 3.65. The number of benzene rings is 1.